The lowest BCUT2D eigenvalue weighted by Gasteiger charge is -2.15. The number of rotatable bonds is 4. The van der Waals surface area contributed by atoms with E-state index in [2.05, 4.69) is 15.2 Å². The Morgan fingerprint density at radius 1 is 1.26 bits per heavy atom. The molecular formula is C15H16N4O2S2. The summed E-state index contributed by atoms with van der Waals surface area (Å²) in [5, 5.41) is 11.0. The van der Waals surface area contributed by atoms with Crippen LogP contribution in [-0.2, 0) is 16.4 Å². The Hall–Kier alpha value is -1.77. The highest BCUT2D eigenvalue weighted by Gasteiger charge is 2.27. The van der Waals surface area contributed by atoms with E-state index in [0.29, 0.717) is 24.4 Å². The first-order chi connectivity index (χ1) is 11.1. The van der Waals surface area contributed by atoms with E-state index in [1.807, 2.05) is 5.38 Å². The number of aromatic amines is 1. The van der Waals surface area contributed by atoms with Crippen LogP contribution in [0, 0.1) is 0 Å². The van der Waals surface area contributed by atoms with Crippen LogP contribution in [0.5, 0.6) is 0 Å². The van der Waals surface area contributed by atoms with Crippen molar-refractivity contribution < 1.29 is 8.42 Å². The van der Waals surface area contributed by atoms with Gasteiger partial charge in [-0.3, -0.25) is 5.10 Å². The minimum absolute atomic E-state index is 0.341. The Kier molecular flexibility index (Phi) is 3.67. The molecule has 0 radical (unpaired) electrons. The number of aromatic nitrogens is 3. The summed E-state index contributed by atoms with van der Waals surface area (Å²) in [5.41, 5.74) is 1.67. The van der Waals surface area contributed by atoms with E-state index in [0.717, 1.165) is 34.4 Å². The van der Waals surface area contributed by atoms with Gasteiger partial charge in [-0.2, -0.15) is 9.40 Å². The van der Waals surface area contributed by atoms with Crippen molar-refractivity contribution in [1.29, 1.82) is 0 Å². The van der Waals surface area contributed by atoms with Crippen molar-refractivity contribution >= 4 is 32.3 Å². The second kappa shape index (κ2) is 5.70. The minimum Gasteiger partial charge on any atom is -0.281 e. The fraction of sp³-hybridized carbons (Fsp3) is 0.333. The molecule has 1 fully saturated rings. The van der Waals surface area contributed by atoms with Crippen LogP contribution in [0.25, 0.3) is 10.9 Å². The molecule has 1 N–H and O–H groups in total. The number of nitrogens with one attached hydrogen (secondary N) is 1. The molecule has 8 heteroatoms. The molecule has 6 nitrogen and oxygen atoms in total. The molecule has 0 unspecified atom stereocenters. The van der Waals surface area contributed by atoms with Gasteiger partial charge in [0.1, 0.15) is 0 Å². The molecule has 0 aliphatic carbocycles. The van der Waals surface area contributed by atoms with Crippen molar-refractivity contribution in [2.45, 2.75) is 24.2 Å². The highest BCUT2D eigenvalue weighted by atomic mass is 32.2. The van der Waals surface area contributed by atoms with Gasteiger partial charge >= 0.3 is 0 Å². The summed E-state index contributed by atoms with van der Waals surface area (Å²) in [6, 6.07) is 5.14. The van der Waals surface area contributed by atoms with Gasteiger partial charge in [0.05, 0.1) is 15.4 Å². The van der Waals surface area contributed by atoms with Crippen LogP contribution in [0.4, 0.5) is 0 Å². The van der Waals surface area contributed by atoms with Crippen molar-refractivity contribution in [2.75, 3.05) is 13.1 Å². The summed E-state index contributed by atoms with van der Waals surface area (Å²) in [4.78, 5) is 4.62. The number of hydrogen-bond acceptors (Lipinski definition) is 5. The fourth-order valence-electron chi connectivity index (χ4n) is 2.91. The SMILES string of the molecule is O=S(=O)(c1ccc2n[nH]c(Cc3nccs3)c2c1)N1CCCC1. The molecule has 2 aromatic heterocycles. The Morgan fingerprint density at radius 3 is 2.83 bits per heavy atom. The molecule has 0 atom stereocenters. The summed E-state index contributed by atoms with van der Waals surface area (Å²) in [6.45, 7) is 1.22. The van der Waals surface area contributed by atoms with Crippen LogP contribution in [0.2, 0.25) is 0 Å². The standard InChI is InChI=1S/C15H16N4O2S2/c20-23(21,19-6-1-2-7-19)11-3-4-13-12(9-11)14(18-17-13)10-15-16-5-8-22-15/h3-5,8-9H,1-2,6-7,10H2,(H,17,18). The maximum Gasteiger partial charge on any atom is 0.243 e. The molecule has 23 heavy (non-hydrogen) atoms. The molecule has 1 aliphatic rings. The van der Waals surface area contributed by atoms with Gasteiger partial charge in [0.15, 0.2) is 0 Å². The monoisotopic (exact) mass is 348 g/mol. The third-order valence-electron chi connectivity index (χ3n) is 4.12. The predicted molar refractivity (Wildman–Crippen MR) is 89.0 cm³/mol. The summed E-state index contributed by atoms with van der Waals surface area (Å²) in [6.07, 6.45) is 4.26. The average Bonchev–Trinajstić information content (AvgIpc) is 3.30. The maximum absolute atomic E-state index is 12.7. The number of nitrogens with zero attached hydrogens (tertiary/aromatic N) is 3. The van der Waals surface area contributed by atoms with Gasteiger partial charge in [0.2, 0.25) is 10.0 Å². The molecule has 1 aliphatic heterocycles. The number of benzene rings is 1. The second-order valence-electron chi connectivity index (χ2n) is 5.59. The summed E-state index contributed by atoms with van der Waals surface area (Å²) in [5.74, 6) is 0. The van der Waals surface area contributed by atoms with Gasteiger partial charge < -0.3 is 0 Å². The molecule has 120 valence electrons. The number of H-pyrrole nitrogens is 1. The summed E-state index contributed by atoms with van der Waals surface area (Å²) in [7, 11) is -3.41. The van der Waals surface area contributed by atoms with Gasteiger partial charge in [-0.15, -0.1) is 11.3 Å². The van der Waals surface area contributed by atoms with Crippen LogP contribution in [0.15, 0.2) is 34.7 Å². The van der Waals surface area contributed by atoms with Crippen LogP contribution in [0.3, 0.4) is 0 Å². The Bertz CT molecular complexity index is 926. The van der Waals surface area contributed by atoms with E-state index in [1.54, 1.807) is 40.0 Å². The number of sulfonamides is 1. The van der Waals surface area contributed by atoms with Crippen LogP contribution in [0.1, 0.15) is 23.5 Å². The third-order valence-corrected chi connectivity index (χ3v) is 6.79. The first kappa shape index (κ1) is 14.8. The number of thiazole rings is 1. The molecule has 0 bridgehead atoms. The zero-order valence-corrected chi connectivity index (χ0v) is 14.0. The highest BCUT2D eigenvalue weighted by molar-refractivity contribution is 7.89. The molecule has 3 heterocycles. The lowest BCUT2D eigenvalue weighted by molar-refractivity contribution is 0.477. The summed E-state index contributed by atoms with van der Waals surface area (Å²) >= 11 is 1.57. The first-order valence-electron chi connectivity index (χ1n) is 7.50. The van der Waals surface area contributed by atoms with Crippen molar-refractivity contribution in [3.8, 4) is 0 Å². The van der Waals surface area contributed by atoms with Gasteiger partial charge in [-0.25, -0.2) is 13.4 Å². The molecule has 1 saturated heterocycles. The summed E-state index contributed by atoms with van der Waals surface area (Å²) < 4.78 is 27.0. The van der Waals surface area contributed by atoms with Crippen molar-refractivity contribution in [3.63, 3.8) is 0 Å². The van der Waals surface area contributed by atoms with E-state index < -0.39 is 10.0 Å². The predicted octanol–water partition coefficient (Wildman–Crippen LogP) is 2.39. The average molecular weight is 348 g/mol. The van der Waals surface area contributed by atoms with E-state index in [9.17, 15) is 8.42 Å². The van der Waals surface area contributed by atoms with Crippen LogP contribution in [-0.4, -0.2) is 41.0 Å². The molecule has 3 aromatic rings. The van der Waals surface area contributed by atoms with Gasteiger partial charge in [0.25, 0.3) is 0 Å². The fourth-order valence-corrected chi connectivity index (χ4v) is 5.08. The Labute approximate surface area is 138 Å². The maximum atomic E-state index is 12.7. The minimum atomic E-state index is -3.41. The van der Waals surface area contributed by atoms with E-state index in [4.69, 9.17) is 0 Å². The molecule has 1 aromatic carbocycles. The van der Waals surface area contributed by atoms with Crippen molar-refractivity contribution in [1.82, 2.24) is 19.5 Å². The lowest BCUT2D eigenvalue weighted by Crippen LogP contribution is -2.27. The smallest absolute Gasteiger partial charge is 0.243 e. The molecule has 0 saturated carbocycles. The quantitative estimate of drug-likeness (QED) is 0.785. The highest BCUT2D eigenvalue weighted by Crippen LogP contribution is 2.26. The van der Waals surface area contributed by atoms with Crippen molar-refractivity contribution in [2.24, 2.45) is 0 Å². The van der Waals surface area contributed by atoms with Crippen LogP contribution >= 0.6 is 11.3 Å². The molecule has 4 rings (SSSR count). The number of fused-ring (bicyclic) bond motifs is 1. The third kappa shape index (κ3) is 2.66. The molecule has 0 spiro atoms. The van der Waals surface area contributed by atoms with Gasteiger partial charge in [0, 0.05) is 42.2 Å². The Balaban J connectivity index is 1.74. The molecule has 0 amide bonds. The van der Waals surface area contributed by atoms with E-state index >= 15 is 0 Å². The van der Waals surface area contributed by atoms with Gasteiger partial charge in [-0.1, -0.05) is 0 Å². The van der Waals surface area contributed by atoms with E-state index in [-0.39, 0.29) is 0 Å². The van der Waals surface area contributed by atoms with Crippen LogP contribution < -0.4 is 0 Å². The van der Waals surface area contributed by atoms with Gasteiger partial charge in [-0.05, 0) is 31.0 Å². The topological polar surface area (TPSA) is 79.0 Å². The molecular weight excluding hydrogens is 332 g/mol. The zero-order chi connectivity index (χ0) is 15.9. The Morgan fingerprint density at radius 2 is 2.09 bits per heavy atom. The second-order valence-corrected chi connectivity index (χ2v) is 8.51. The lowest BCUT2D eigenvalue weighted by atomic mass is 10.2. The number of hydrogen-bond donors (Lipinski definition) is 1. The normalized spacial score (nSPS) is 16.3. The van der Waals surface area contributed by atoms with E-state index in [1.165, 1.54) is 0 Å². The first-order valence-corrected chi connectivity index (χ1v) is 9.82. The largest absolute Gasteiger partial charge is 0.281 e. The van der Waals surface area contributed by atoms with Crippen molar-refractivity contribution in [3.05, 3.63) is 40.5 Å². The zero-order valence-electron chi connectivity index (χ0n) is 12.4.